The first-order valence-corrected chi connectivity index (χ1v) is 12.3. The van der Waals surface area contributed by atoms with Gasteiger partial charge >= 0.3 is 74.8 Å². The molecular formula is C26H14BF20Li3O3. The molecule has 0 amide bonds. The van der Waals surface area contributed by atoms with Crippen molar-refractivity contribution in [3.63, 3.8) is 0 Å². The minimum absolute atomic E-state index is 0. The standard InChI is InChI=1S/4C6HF5.C2H5.BH3O3.3Li.2H/c4*7-2-1-3(8)5(10)6(11)4(2)9;1-2;2-1(3)4;;;;;/h4*1H;1H2,2H3;2-4H;;;;;. The second-order valence-corrected chi connectivity index (χ2v) is 8.18. The molecule has 4 aromatic rings. The van der Waals surface area contributed by atoms with E-state index in [0.717, 1.165) is 0 Å². The van der Waals surface area contributed by atoms with E-state index in [1.165, 1.54) is 5.09 Å². The minimum atomic E-state index is -2.17. The average Bonchev–Trinajstić information content (AvgIpc) is 3.05. The van der Waals surface area contributed by atoms with Crippen molar-refractivity contribution in [1.29, 1.82) is 0 Å². The van der Waals surface area contributed by atoms with Crippen LogP contribution in [0.15, 0.2) is 24.3 Å². The molecule has 0 bridgehead atoms. The van der Waals surface area contributed by atoms with Gasteiger partial charge in [0.2, 0.25) is 23.3 Å². The molecule has 0 spiro atoms. The third kappa shape index (κ3) is 18.4. The summed E-state index contributed by atoms with van der Waals surface area (Å²) < 4.78 is 240. The Kier molecular flexibility index (Phi) is 28.9. The molecule has 27 heteroatoms. The Hall–Kier alpha value is -2.78. The molecule has 0 heterocycles. The van der Waals surface area contributed by atoms with Crippen LogP contribution in [0.2, 0.25) is 5.09 Å². The van der Waals surface area contributed by atoms with E-state index in [1.807, 2.05) is 0 Å². The molecule has 0 aliphatic carbocycles. The summed E-state index contributed by atoms with van der Waals surface area (Å²) in [6.45, 7) is 2.12. The van der Waals surface area contributed by atoms with Crippen LogP contribution in [0, 0.1) is 116 Å². The van der Waals surface area contributed by atoms with E-state index in [0.29, 0.717) is 0 Å². The maximum atomic E-state index is 12.0. The third-order valence-electron chi connectivity index (χ3n) is 4.23. The molecule has 0 radical (unpaired) electrons. The molecule has 4 aromatic carbocycles. The molecule has 0 fully saturated rings. The van der Waals surface area contributed by atoms with Crippen LogP contribution in [0.4, 0.5) is 87.8 Å². The summed E-state index contributed by atoms with van der Waals surface area (Å²) in [5.41, 5.74) is 0. The quantitative estimate of drug-likeness (QED) is 0.0799. The first-order valence-electron chi connectivity index (χ1n) is 12.3. The van der Waals surface area contributed by atoms with E-state index in [1.54, 1.807) is 0 Å². The molecule has 0 saturated heterocycles. The van der Waals surface area contributed by atoms with E-state index in [4.69, 9.17) is 15.1 Å². The van der Waals surface area contributed by atoms with Crippen LogP contribution in [0.25, 0.3) is 0 Å². The fraction of sp³-hybridized carbons (Fsp3) is 0.0769. The fourth-order valence-corrected chi connectivity index (χ4v) is 2.18. The number of halogens is 20. The van der Waals surface area contributed by atoms with Crippen molar-refractivity contribution in [3.8, 4) is 0 Å². The van der Waals surface area contributed by atoms with Crippen LogP contribution >= 0.6 is 0 Å². The van der Waals surface area contributed by atoms with Gasteiger partial charge in [-0.1, -0.05) is 0 Å². The van der Waals surface area contributed by atoms with Gasteiger partial charge in [0.15, 0.2) is 93.1 Å². The zero-order valence-corrected chi connectivity index (χ0v) is 24.5. The molecule has 53 heavy (non-hydrogen) atoms. The topological polar surface area (TPSA) is 60.7 Å². The zero-order chi connectivity index (χ0) is 40.7. The molecule has 3 N–H and O–H groups in total. The van der Waals surface area contributed by atoms with Crippen molar-refractivity contribution in [2.45, 2.75) is 12.0 Å². The SMILES string of the molecule is Fc1cc(F)c(F)c(F)c1F.Fc1cc(F)c(F)c(F)c1F.Fc1cc(F)c(F)c(F)c1F.Fc1cc(F)c(F)c(F)c1F.OB(O)O.[LiH].[LiH].[Li][CH2]C. The Bertz CT molecular complexity index is 1420. The summed E-state index contributed by atoms with van der Waals surface area (Å²) in [7, 11) is -2.17. The van der Waals surface area contributed by atoms with Gasteiger partial charge in [-0.2, -0.15) is 0 Å². The Balaban J connectivity index is -0.000000281. The maximum absolute atomic E-state index is 12.0. The molecule has 0 unspecified atom stereocenters. The second-order valence-electron chi connectivity index (χ2n) is 8.18. The second kappa shape index (κ2) is 26.9. The van der Waals surface area contributed by atoms with Crippen molar-refractivity contribution in [1.82, 2.24) is 0 Å². The molecule has 0 aliphatic rings. The van der Waals surface area contributed by atoms with Crippen molar-refractivity contribution in [2.24, 2.45) is 0 Å². The molecule has 4 rings (SSSR count). The van der Waals surface area contributed by atoms with Crippen LogP contribution in [-0.4, -0.2) is 77.8 Å². The Morgan fingerprint density at radius 1 is 0.340 bits per heavy atom. The molecular weight excluding hydrogens is 772 g/mol. The van der Waals surface area contributed by atoms with Crippen molar-refractivity contribution in [2.75, 3.05) is 0 Å². The van der Waals surface area contributed by atoms with Gasteiger partial charge in [0.25, 0.3) is 0 Å². The van der Waals surface area contributed by atoms with Gasteiger partial charge in [0.05, 0.1) is 0 Å². The van der Waals surface area contributed by atoms with Crippen LogP contribution in [-0.2, 0) is 0 Å². The van der Waals surface area contributed by atoms with E-state index < -0.39 is 124 Å². The number of rotatable bonds is 0. The third-order valence-corrected chi connectivity index (χ3v) is 4.23. The van der Waals surface area contributed by atoms with E-state index >= 15 is 0 Å². The average molecular weight is 786 g/mol. The summed E-state index contributed by atoms with van der Waals surface area (Å²) in [4.78, 5) is 0. The monoisotopic (exact) mass is 786 g/mol. The van der Waals surface area contributed by atoms with Crippen molar-refractivity contribution < 1.29 is 103 Å². The van der Waals surface area contributed by atoms with E-state index in [-0.39, 0.29) is 62.0 Å². The fourth-order valence-electron chi connectivity index (χ4n) is 2.18. The summed E-state index contributed by atoms with van der Waals surface area (Å²) in [5.74, 6) is -38.6. The van der Waals surface area contributed by atoms with Gasteiger partial charge < -0.3 is 15.1 Å². The van der Waals surface area contributed by atoms with Crippen LogP contribution < -0.4 is 0 Å². The van der Waals surface area contributed by atoms with E-state index in [2.05, 4.69) is 24.6 Å². The summed E-state index contributed by atoms with van der Waals surface area (Å²) in [6, 6.07) is -0.247. The van der Waals surface area contributed by atoms with Crippen LogP contribution in [0.1, 0.15) is 6.92 Å². The first-order chi connectivity index (χ1) is 23.3. The first kappa shape index (κ1) is 56.9. The molecule has 0 aromatic heterocycles. The number of hydrogen-bond acceptors (Lipinski definition) is 3. The molecule has 3 nitrogen and oxygen atoms in total. The van der Waals surface area contributed by atoms with Crippen molar-refractivity contribution in [3.05, 3.63) is 141 Å². The van der Waals surface area contributed by atoms with E-state index in [9.17, 15) is 87.8 Å². The van der Waals surface area contributed by atoms with Gasteiger partial charge in [0.1, 0.15) is 0 Å². The summed E-state index contributed by atoms with van der Waals surface area (Å²) >= 11 is 2.12. The van der Waals surface area contributed by atoms with Crippen LogP contribution in [0.5, 0.6) is 0 Å². The predicted molar refractivity (Wildman–Crippen MR) is 148 cm³/mol. The predicted octanol–water partition coefficient (Wildman–Crippen LogP) is 6.77. The molecule has 282 valence electrons. The normalized spacial score (nSPS) is 9.40. The van der Waals surface area contributed by atoms with Crippen molar-refractivity contribution >= 4 is 62.8 Å². The number of hydrogen-bond donors (Lipinski definition) is 3. The zero-order valence-electron chi connectivity index (χ0n) is 24.5. The molecule has 0 aliphatic heterocycles. The van der Waals surface area contributed by atoms with Gasteiger partial charge in [-0.25, -0.2) is 87.8 Å². The Morgan fingerprint density at radius 2 is 0.415 bits per heavy atom. The number of benzene rings is 4. The van der Waals surface area contributed by atoms with Gasteiger partial charge in [0, 0.05) is 24.3 Å². The van der Waals surface area contributed by atoms with Crippen LogP contribution in [0.3, 0.4) is 0 Å². The van der Waals surface area contributed by atoms with Gasteiger partial charge in [-0.15, -0.1) is 0 Å². The van der Waals surface area contributed by atoms with Gasteiger partial charge in [-0.3, -0.25) is 0 Å². The summed E-state index contributed by atoms with van der Waals surface area (Å²) in [6.07, 6.45) is 0. The summed E-state index contributed by atoms with van der Waals surface area (Å²) in [5, 5.41) is 22.8. The Labute approximate surface area is 317 Å². The molecule has 0 saturated carbocycles. The van der Waals surface area contributed by atoms with Gasteiger partial charge in [-0.05, 0) is 0 Å². The molecule has 0 atom stereocenters. The Morgan fingerprint density at radius 3 is 0.491 bits per heavy atom.